The molecule has 3 rings (SSSR count). The number of benzene rings is 3. The molecule has 0 unspecified atom stereocenters. The van der Waals surface area contributed by atoms with Crippen molar-refractivity contribution in [1.82, 2.24) is 5.43 Å². The molecule has 0 radical (unpaired) electrons. The highest BCUT2D eigenvalue weighted by molar-refractivity contribution is 9.10. The number of hydrogen-bond acceptors (Lipinski definition) is 5. The quantitative estimate of drug-likeness (QED) is 0.269. The summed E-state index contributed by atoms with van der Waals surface area (Å²) in [7, 11) is 1.53. The average Bonchev–Trinajstić information content (AvgIpc) is 2.78. The Hall–Kier alpha value is -3.36. The molecule has 2 N–H and O–H groups in total. The molecule has 0 aliphatic rings. The van der Waals surface area contributed by atoms with Gasteiger partial charge in [0.25, 0.3) is 0 Å². The molecule has 3 aromatic carbocycles. The van der Waals surface area contributed by atoms with Crippen LogP contribution < -0.4 is 20.2 Å². The molecule has 2 amide bonds. The van der Waals surface area contributed by atoms with Gasteiger partial charge in [0.2, 0.25) is 0 Å². The average molecular weight is 517 g/mol. The number of hydrazone groups is 1. The summed E-state index contributed by atoms with van der Waals surface area (Å²) in [5.41, 5.74) is 4.23. The number of ether oxygens (including phenoxy) is 2. The third-order valence-electron chi connectivity index (χ3n) is 4.15. The van der Waals surface area contributed by atoms with Crippen molar-refractivity contribution in [1.29, 1.82) is 0 Å². The lowest BCUT2D eigenvalue weighted by atomic mass is 10.2. The molecule has 0 saturated carbocycles. The van der Waals surface area contributed by atoms with Gasteiger partial charge in [-0.15, -0.1) is 0 Å². The number of carbonyl (C=O) groups excluding carboxylic acids is 2. The highest BCUT2D eigenvalue weighted by atomic mass is 79.9. The van der Waals surface area contributed by atoms with Gasteiger partial charge in [-0.2, -0.15) is 5.10 Å². The summed E-state index contributed by atoms with van der Waals surface area (Å²) in [6, 6.07) is 19.7. The van der Waals surface area contributed by atoms with E-state index in [9.17, 15) is 9.59 Å². The molecule has 9 heteroatoms. The summed E-state index contributed by atoms with van der Waals surface area (Å²) in [5.74, 6) is -0.761. The van der Waals surface area contributed by atoms with E-state index in [2.05, 4.69) is 31.8 Å². The molecule has 164 valence electrons. The summed E-state index contributed by atoms with van der Waals surface area (Å²) in [6.45, 7) is 0.376. The summed E-state index contributed by atoms with van der Waals surface area (Å²) in [4.78, 5) is 23.9. The predicted molar refractivity (Wildman–Crippen MR) is 127 cm³/mol. The highest BCUT2D eigenvalue weighted by Gasteiger charge is 2.14. The van der Waals surface area contributed by atoms with Crippen LogP contribution in [-0.2, 0) is 16.2 Å². The van der Waals surface area contributed by atoms with Crippen LogP contribution in [0, 0.1) is 0 Å². The molecule has 0 aliphatic carbocycles. The first-order valence-corrected chi connectivity index (χ1v) is 10.6. The van der Waals surface area contributed by atoms with E-state index in [1.165, 1.54) is 19.4 Å². The number of rotatable bonds is 7. The number of anilines is 1. The summed E-state index contributed by atoms with van der Waals surface area (Å²) >= 11 is 9.33. The Bertz CT molecular complexity index is 1140. The Morgan fingerprint density at radius 1 is 1.06 bits per heavy atom. The Balaban J connectivity index is 1.61. The van der Waals surface area contributed by atoms with E-state index < -0.39 is 11.8 Å². The molecule has 0 fully saturated rings. The second kappa shape index (κ2) is 11.3. The Morgan fingerprint density at radius 2 is 1.84 bits per heavy atom. The van der Waals surface area contributed by atoms with Gasteiger partial charge in [0.15, 0.2) is 11.5 Å². The van der Waals surface area contributed by atoms with Crippen LogP contribution in [0.2, 0.25) is 5.02 Å². The lowest BCUT2D eigenvalue weighted by Crippen LogP contribution is -2.32. The zero-order valence-electron chi connectivity index (χ0n) is 17.0. The highest BCUT2D eigenvalue weighted by Crippen LogP contribution is 2.36. The van der Waals surface area contributed by atoms with Crippen molar-refractivity contribution in [2.24, 2.45) is 5.10 Å². The standard InChI is InChI=1S/C23H19BrClN3O4/c1-31-20-11-16(10-19(24)21(20)32-14-15-6-3-2-4-7-15)13-26-28-23(30)22(29)27-18-9-5-8-17(25)12-18/h2-13H,14H2,1H3,(H,27,29)(H,28,30)/b26-13+. The van der Waals surface area contributed by atoms with Gasteiger partial charge < -0.3 is 14.8 Å². The van der Waals surface area contributed by atoms with Crippen molar-refractivity contribution in [2.75, 3.05) is 12.4 Å². The maximum atomic E-state index is 12.0. The number of nitrogens with zero attached hydrogens (tertiary/aromatic N) is 1. The van der Waals surface area contributed by atoms with Gasteiger partial charge in [0, 0.05) is 10.7 Å². The van der Waals surface area contributed by atoms with E-state index in [0.717, 1.165) is 5.56 Å². The molecule has 0 bridgehead atoms. The first-order chi connectivity index (χ1) is 15.5. The van der Waals surface area contributed by atoms with Crippen LogP contribution in [0.1, 0.15) is 11.1 Å². The molecule has 7 nitrogen and oxygen atoms in total. The summed E-state index contributed by atoms with van der Waals surface area (Å²) in [5, 5.41) is 6.71. The zero-order chi connectivity index (χ0) is 22.9. The minimum atomic E-state index is -0.921. The van der Waals surface area contributed by atoms with E-state index in [1.54, 1.807) is 30.3 Å². The van der Waals surface area contributed by atoms with Crippen LogP contribution in [0.3, 0.4) is 0 Å². The molecule has 0 aliphatic heterocycles. The summed E-state index contributed by atoms with van der Waals surface area (Å²) < 4.78 is 12.0. The Morgan fingerprint density at radius 3 is 2.56 bits per heavy atom. The molecule has 32 heavy (non-hydrogen) atoms. The van der Waals surface area contributed by atoms with Crippen LogP contribution in [0.5, 0.6) is 11.5 Å². The van der Waals surface area contributed by atoms with E-state index in [1.807, 2.05) is 30.3 Å². The van der Waals surface area contributed by atoms with Crippen molar-refractivity contribution in [3.8, 4) is 11.5 Å². The Labute approximate surface area is 198 Å². The van der Waals surface area contributed by atoms with E-state index in [-0.39, 0.29) is 0 Å². The largest absolute Gasteiger partial charge is 0.493 e. The third kappa shape index (κ3) is 6.57. The van der Waals surface area contributed by atoms with Crippen LogP contribution in [-0.4, -0.2) is 25.1 Å². The van der Waals surface area contributed by atoms with E-state index in [4.69, 9.17) is 21.1 Å². The molecule has 0 heterocycles. The van der Waals surface area contributed by atoms with E-state index >= 15 is 0 Å². The number of hydrogen-bond donors (Lipinski definition) is 2. The molecular weight excluding hydrogens is 498 g/mol. The lowest BCUT2D eigenvalue weighted by Gasteiger charge is -2.13. The second-order valence-electron chi connectivity index (χ2n) is 6.47. The topological polar surface area (TPSA) is 89.0 Å². The van der Waals surface area contributed by atoms with Gasteiger partial charge in [0.05, 0.1) is 17.8 Å². The number of methoxy groups -OCH3 is 1. The van der Waals surface area contributed by atoms with Gasteiger partial charge in [-0.05, 0) is 57.4 Å². The second-order valence-corrected chi connectivity index (χ2v) is 7.76. The van der Waals surface area contributed by atoms with Crippen LogP contribution in [0.25, 0.3) is 0 Å². The summed E-state index contributed by atoms with van der Waals surface area (Å²) in [6.07, 6.45) is 1.39. The SMILES string of the molecule is COc1cc(/C=N/NC(=O)C(=O)Nc2cccc(Cl)c2)cc(Br)c1OCc1ccccc1. The lowest BCUT2D eigenvalue weighted by molar-refractivity contribution is -0.136. The molecule has 0 atom stereocenters. The number of carbonyl (C=O) groups is 2. The van der Waals surface area contributed by atoms with Crippen molar-refractivity contribution in [3.05, 3.63) is 87.4 Å². The van der Waals surface area contributed by atoms with Crippen LogP contribution in [0.4, 0.5) is 5.69 Å². The maximum Gasteiger partial charge on any atom is 0.329 e. The van der Waals surface area contributed by atoms with Gasteiger partial charge >= 0.3 is 11.8 Å². The fourth-order valence-electron chi connectivity index (χ4n) is 2.65. The fourth-order valence-corrected chi connectivity index (χ4v) is 3.42. The van der Waals surface area contributed by atoms with Crippen molar-refractivity contribution >= 4 is 51.2 Å². The number of amides is 2. The molecule has 3 aromatic rings. The molecular formula is C23H19BrClN3O4. The minimum Gasteiger partial charge on any atom is -0.493 e. The molecule has 0 spiro atoms. The smallest absolute Gasteiger partial charge is 0.329 e. The van der Waals surface area contributed by atoms with Crippen LogP contribution in [0.15, 0.2) is 76.3 Å². The van der Waals surface area contributed by atoms with Gasteiger partial charge in [0.1, 0.15) is 6.61 Å². The fraction of sp³-hybridized carbons (Fsp3) is 0.0870. The third-order valence-corrected chi connectivity index (χ3v) is 4.97. The predicted octanol–water partition coefficient (Wildman–Crippen LogP) is 4.78. The normalized spacial score (nSPS) is 10.6. The van der Waals surface area contributed by atoms with Gasteiger partial charge in [-0.3, -0.25) is 9.59 Å². The monoisotopic (exact) mass is 515 g/mol. The molecule has 0 saturated heterocycles. The molecule has 0 aromatic heterocycles. The van der Waals surface area contributed by atoms with Crippen molar-refractivity contribution < 1.29 is 19.1 Å². The van der Waals surface area contributed by atoms with Gasteiger partial charge in [-0.25, -0.2) is 5.43 Å². The van der Waals surface area contributed by atoms with Crippen LogP contribution >= 0.6 is 27.5 Å². The minimum absolute atomic E-state index is 0.376. The number of halogens is 2. The van der Waals surface area contributed by atoms with E-state index in [0.29, 0.717) is 38.9 Å². The van der Waals surface area contributed by atoms with Gasteiger partial charge in [-0.1, -0.05) is 48.0 Å². The van der Waals surface area contributed by atoms with Crippen molar-refractivity contribution in [2.45, 2.75) is 6.61 Å². The zero-order valence-corrected chi connectivity index (χ0v) is 19.3. The maximum absolute atomic E-state index is 12.0. The Kier molecular flexibility index (Phi) is 8.24. The van der Waals surface area contributed by atoms with Crippen molar-refractivity contribution in [3.63, 3.8) is 0 Å². The number of nitrogens with one attached hydrogen (secondary N) is 2. The first kappa shape index (κ1) is 23.3. The first-order valence-electron chi connectivity index (χ1n) is 9.40.